The maximum absolute atomic E-state index is 13.3. The SMILES string of the molecule is O=C1CCN(C(=O)c2cc(F)ccc2O)c2ccccc21. The van der Waals surface area contributed by atoms with Gasteiger partial charge in [-0.05, 0) is 30.3 Å². The van der Waals surface area contributed by atoms with Gasteiger partial charge in [0.25, 0.3) is 5.91 Å². The van der Waals surface area contributed by atoms with Crippen LogP contribution in [0.5, 0.6) is 5.75 Å². The summed E-state index contributed by atoms with van der Waals surface area (Å²) in [6, 6.07) is 10.00. The van der Waals surface area contributed by atoms with E-state index in [1.807, 2.05) is 0 Å². The van der Waals surface area contributed by atoms with Crippen LogP contribution in [0.3, 0.4) is 0 Å². The predicted octanol–water partition coefficient (Wildman–Crippen LogP) is 2.76. The summed E-state index contributed by atoms with van der Waals surface area (Å²) < 4.78 is 13.3. The number of hydrogen-bond donors (Lipinski definition) is 1. The Balaban J connectivity index is 2.05. The second kappa shape index (κ2) is 5.01. The summed E-state index contributed by atoms with van der Waals surface area (Å²) in [5.74, 6) is -1.43. The fraction of sp³-hybridized carbons (Fsp3) is 0.125. The van der Waals surface area contributed by atoms with Gasteiger partial charge >= 0.3 is 0 Å². The minimum atomic E-state index is -0.600. The number of anilines is 1. The standard InChI is InChI=1S/C16H12FNO3/c17-10-5-6-14(19)12(9-10)16(21)18-8-7-15(20)11-3-1-2-4-13(11)18/h1-6,9,19H,7-8H2. The molecule has 1 amide bonds. The van der Waals surface area contributed by atoms with Crippen LogP contribution in [0.1, 0.15) is 27.1 Å². The molecule has 0 fully saturated rings. The highest BCUT2D eigenvalue weighted by Crippen LogP contribution is 2.30. The van der Waals surface area contributed by atoms with E-state index in [0.717, 1.165) is 18.2 Å². The van der Waals surface area contributed by atoms with Crippen LogP contribution in [0.2, 0.25) is 0 Å². The number of rotatable bonds is 1. The van der Waals surface area contributed by atoms with Gasteiger partial charge in [0.2, 0.25) is 0 Å². The third-order valence-corrected chi connectivity index (χ3v) is 3.49. The van der Waals surface area contributed by atoms with Gasteiger partial charge in [-0.1, -0.05) is 12.1 Å². The average molecular weight is 285 g/mol. The third kappa shape index (κ3) is 2.27. The molecule has 0 saturated carbocycles. The van der Waals surface area contributed by atoms with Gasteiger partial charge in [0.1, 0.15) is 11.6 Å². The molecule has 0 spiro atoms. The second-order valence-electron chi connectivity index (χ2n) is 4.81. The first-order valence-corrected chi connectivity index (χ1v) is 6.50. The van der Waals surface area contributed by atoms with Gasteiger partial charge in [0.15, 0.2) is 5.78 Å². The summed E-state index contributed by atoms with van der Waals surface area (Å²) in [6.07, 6.45) is 0.207. The van der Waals surface area contributed by atoms with Gasteiger partial charge in [0, 0.05) is 18.5 Å². The fourth-order valence-corrected chi connectivity index (χ4v) is 2.45. The van der Waals surface area contributed by atoms with Crippen molar-refractivity contribution >= 4 is 17.4 Å². The molecule has 0 saturated heterocycles. The van der Waals surface area contributed by atoms with Crippen molar-refractivity contribution in [3.8, 4) is 5.75 Å². The lowest BCUT2D eigenvalue weighted by atomic mass is 9.99. The number of benzene rings is 2. The van der Waals surface area contributed by atoms with Gasteiger partial charge in [-0.25, -0.2) is 4.39 Å². The molecule has 106 valence electrons. The smallest absolute Gasteiger partial charge is 0.262 e. The van der Waals surface area contributed by atoms with Crippen LogP contribution in [-0.4, -0.2) is 23.3 Å². The number of carbonyl (C=O) groups is 2. The van der Waals surface area contributed by atoms with E-state index in [-0.39, 0.29) is 30.1 Å². The number of fused-ring (bicyclic) bond motifs is 1. The van der Waals surface area contributed by atoms with Gasteiger partial charge in [-0.3, -0.25) is 9.59 Å². The first kappa shape index (κ1) is 13.3. The number of carbonyl (C=O) groups excluding carboxylic acids is 2. The summed E-state index contributed by atoms with van der Waals surface area (Å²) in [6.45, 7) is 0.213. The highest BCUT2D eigenvalue weighted by molar-refractivity contribution is 6.14. The Bertz CT molecular complexity index is 742. The quantitative estimate of drug-likeness (QED) is 0.876. The van der Waals surface area contributed by atoms with E-state index in [1.54, 1.807) is 24.3 Å². The lowest BCUT2D eigenvalue weighted by molar-refractivity contribution is 0.0954. The van der Waals surface area contributed by atoms with Crippen LogP contribution in [-0.2, 0) is 0 Å². The van der Waals surface area contributed by atoms with Gasteiger partial charge in [0.05, 0.1) is 11.3 Å². The van der Waals surface area contributed by atoms with Crippen molar-refractivity contribution in [1.82, 2.24) is 0 Å². The van der Waals surface area contributed by atoms with E-state index in [2.05, 4.69) is 0 Å². The second-order valence-corrected chi connectivity index (χ2v) is 4.81. The normalized spacial score (nSPS) is 14.0. The summed E-state index contributed by atoms with van der Waals surface area (Å²) in [5.41, 5.74) is 0.842. The molecule has 0 unspecified atom stereocenters. The van der Waals surface area contributed by atoms with Crippen molar-refractivity contribution in [3.63, 3.8) is 0 Å². The Morgan fingerprint density at radius 3 is 2.76 bits per heavy atom. The number of nitrogens with zero attached hydrogens (tertiary/aromatic N) is 1. The molecular formula is C16H12FNO3. The minimum absolute atomic E-state index is 0.0295. The van der Waals surface area contributed by atoms with Crippen LogP contribution >= 0.6 is 0 Å². The monoisotopic (exact) mass is 285 g/mol. The van der Waals surface area contributed by atoms with E-state index >= 15 is 0 Å². The van der Waals surface area contributed by atoms with Crippen molar-refractivity contribution < 1.29 is 19.1 Å². The molecule has 0 bridgehead atoms. The Morgan fingerprint density at radius 2 is 1.95 bits per heavy atom. The highest BCUT2D eigenvalue weighted by atomic mass is 19.1. The first-order chi connectivity index (χ1) is 10.1. The number of para-hydroxylation sites is 1. The zero-order valence-electron chi connectivity index (χ0n) is 11.0. The molecule has 0 aliphatic carbocycles. The molecule has 1 aliphatic rings. The predicted molar refractivity (Wildman–Crippen MR) is 75.1 cm³/mol. The zero-order valence-corrected chi connectivity index (χ0v) is 11.0. The third-order valence-electron chi connectivity index (χ3n) is 3.49. The van der Waals surface area contributed by atoms with E-state index < -0.39 is 11.7 Å². The Morgan fingerprint density at radius 1 is 1.19 bits per heavy atom. The number of halogens is 1. The van der Waals surface area contributed by atoms with Crippen molar-refractivity contribution in [2.75, 3.05) is 11.4 Å². The lowest BCUT2D eigenvalue weighted by Gasteiger charge is -2.28. The Hall–Kier alpha value is -2.69. The Labute approximate surface area is 120 Å². The molecule has 5 heteroatoms. The van der Waals surface area contributed by atoms with Crippen LogP contribution < -0.4 is 4.90 Å². The molecule has 2 aromatic carbocycles. The van der Waals surface area contributed by atoms with Crippen LogP contribution in [0.4, 0.5) is 10.1 Å². The van der Waals surface area contributed by atoms with Gasteiger partial charge < -0.3 is 10.0 Å². The summed E-state index contributed by atoms with van der Waals surface area (Å²) in [7, 11) is 0. The van der Waals surface area contributed by atoms with Crippen molar-refractivity contribution in [2.24, 2.45) is 0 Å². The van der Waals surface area contributed by atoms with Crippen LogP contribution in [0.25, 0.3) is 0 Å². The summed E-state index contributed by atoms with van der Waals surface area (Å²) in [5, 5.41) is 9.75. The average Bonchev–Trinajstić information content (AvgIpc) is 2.50. The van der Waals surface area contributed by atoms with Crippen molar-refractivity contribution in [3.05, 3.63) is 59.4 Å². The number of phenolic OH excluding ortho intramolecular Hbond substituents is 1. The largest absolute Gasteiger partial charge is 0.507 e. The molecule has 21 heavy (non-hydrogen) atoms. The van der Waals surface area contributed by atoms with Crippen molar-refractivity contribution in [2.45, 2.75) is 6.42 Å². The molecule has 3 rings (SSSR count). The number of amides is 1. The molecule has 0 atom stereocenters. The van der Waals surface area contributed by atoms with Crippen LogP contribution in [0.15, 0.2) is 42.5 Å². The molecule has 4 nitrogen and oxygen atoms in total. The minimum Gasteiger partial charge on any atom is -0.507 e. The maximum Gasteiger partial charge on any atom is 0.262 e. The maximum atomic E-state index is 13.3. The Kier molecular flexibility index (Phi) is 3.17. The molecule has 0 radical (unpaired) electrons. The van der Waals surface area contributed by atoms with E-state index in [9.17, 15) is 19.1 Å². The topological polar surface area (TPSA) is 57.6 Å². The molecule has 2 aromatic rings. The van der Waals surface area contributed by atoms with E-state index in [4.69, 9.17) is 0 Å². The number of Topliss-reactive ketones (excluding diaryl/α,β-unsaturated/α-hetero) is 1. The number of ketones is 1. The molecular weight excluding hydrogens is 273 g/mol. The highest BCUT2D eigenvalue weighted by Gasteiger charge is 2.28. The van der Waals surface area contributed by atoms with Gasteiger partial charge in [-0.15, -0.1) is 0 Å². The number of hydrogen-bond acceptors (Lipinski definition) is 3. The van der Waals surface area contributed by atoms with Gasteiger partial charge in [-0.2, -0.15) is 0 Å². The van der Waals surface area contributed by atoms with E-state index in [1.165, 1.54) is 4.90 Å². The first-order valence-electron chi connectivity index (χ1n) is 6.50. The molecule has 0 aromatic heterocycles. The van der Waals surface area contributed by atoms with Crippen molar-refractivity contribution in [1.29, 1.82) is 0 Å². The molecule has 1 aliphatic heterocycles. The summed E-state index contributed by atoms with van der Waals surface area (Å²) >= 11 is 0. The van der Waals surface area contributed by atoms with E-state index in [0.29, 0.717) is 11.3 Å². The zero-order chi connectivity index (χ0) is 15.0. The molecule has 1 heterocycles. The summed E-state index contributed by atoms with van der Waals surface area (Å²) in [4.78, 5) is 25.8. The number of phenols is 1. The number of aromatic hydroxyl groups is 1. The van der Waals surface area contributed by atoms with Crippen LogP contribution in [0, 0.1) is 5.82 Å². The lowest BCUT2D eigenvalue weighted by Crippen LogP contribution is -2.37. The fourth-order valence-electron chi connectivity index (χ4n) is 2.45. The molecule has 1 N–H and O–H groups in total.